The standard InChI is InChI=1S/C14H10BrCl2FO/c15-11-5-9(7-16)2-4-14(11)19-8-10-1-3-13(18)12(17)6-10/h1-6H,7-8H2. The summed E-state index contributed by atoms with van der Waals surface area (Å²) in [4.78, 5) is 0. The molecule has 0 saturated carbocycles. The molecule has 0 spiro atoms. The van der Waals surface area contributed by atoms with Gasteiger partial charge in [0.15, 0.2) is 0 Å². The van der Waals surface area contributed by atoms with Gasteiger partial charge in [0.1, 0.15) is 18.2 Å². The fourth-order valence-electron chi connectivity index (χ4n) is 1.54. The van der Waals surface area contributed by atoms with E-state index in [0.29, 0.717) is 18.2 Å². The number of benzene rings is 2. The highest BCUT2D eigenvalue weighted by atomic mass is 79.9. The molecule has 19 heavy (non-hydrogen) atoms. The summed E-state index contributed by atoms with van der Waals surface area (Å²) >= 11 is 14.9. The number of alkyl halides is 1. The van der Waals surface area contributed by atoms with Crippen LogP contribution >= 0.6 is 39.1 Å². The van der Waals surface area contributed by atoms with Crippen molar-refractivity contribution in [1.82, 2.24) is 0 Å². The van der Waals surface area contributed by atoms with E-state index in [-0.39, 0.29) is 5.02 Å². The van der Waals surface area contributed by atoms with E-state index in [4.69, 9.17) is 27.9 Å². The van der Waals surface area contributed by atoms with Crippen molar-refractivity contribution in [2.24, 2.45) is 0 Å². The Balaban J connectivity index is 2.07. The normalized spacial score (nSPS) is 10.5. The van der Waals surface area contributed by atoms with Gasteiger partial charge in [0.25, 0.3) is 0 Å². The molecule has 0 unspecified atom stereocenters. The summed E-state index contributed by atoms with van der Waals surface area (Å²) in [6.07, 6.45) is 0. The first-order valence-corrected chi connectivity index (χ1v) is 7.22. The van der Waals surface area contributed by atoms with E-state index in [1.54, 1.807) is 12.1 Å². The van der Waals surface area contributed by atoms with Gasteiger partial charge >= 0.3 is 0 Å². The zero-order valence-electron chi connectivity index (χ0n) is 9.80. The molecule has 100 valence electrons. The van der Waals surface area contributed by atoms with Crippen LogP contribution in [0.5, 0.6) is 5.75 Å². The highest BCUT2D eigenvalue weighted by Crippen LogP contribution is 2.27. The number of ether oxygens (including phenoxy) is 1. The van der Waals surface area contributed by atoms with E-state index in [9.17, 15) is 4.39 Å². The van der Waals surface area contributed by atoms with Crippen molar-refractivity contribution in [3.8, 4) is 5.75 Å². The molecule has 0 bridgehead atoms. The van der Waals surface area contributed by atoms with Crippen LogP contribution in [-0.2, 0) is 12.5 Å². The molecule has 0 aromatic heterocycles. The molecule has 0 aliphatic carbocycles. The molecule has 0 saturated heterocycles. The Kier molecular flexibility index (Phi) is 5.08. The first-order chi connectivity index (χ1) is 9.10. The first kappa shape index (κ1) is 14.6. The molecule has 2 aromatic carbocycles. The maximum atomic E-state index is 13.0. The third-order valence-electron chi connectivity index (χ3n) is 2.53. The van der Waals surface area contributed by atoms with Gasteiger partial charge in [-0.2, -0.15) is 0 Å². The van der Waals surface area contributed by atoms with Crippen LogP contribution in [0.1, 0.15) is 11.1 Å². The zero-order valence-corrected chi connectivity index (χ0v) is 12.9. The Hall–Kier alpha value is -0.770. The number of hydrogen-bond acceptors (Lipinski definition) is 1. The van der Waals surface area contributed by atoms with Crippen LogP contribution in [0.15, 0.2) is 40.9 Å². The van der Waals surface area contributed by atoms with Gasteiger partial charge in [-0.3, -0.25) is 0 Å². The Labute approximate surface area is 129 Å². The van der Waals surface area contributed by atoms with Gasteiger partial charge in [-0.1, -0.05) is 23.7 Å². The second-order valence-corrected chi connectivity index (χ2v) is 5.46. The molecule has 0 fully saturated rings. The van der Waals surface area contributed by atoms with E-state index in [1.807, 2.05) is 18.2 Å². The molecule has 5 heteroatoms. The van der Waals surface area contributed by atoms with Crippen molar-refractivity contribution in [2.45, 2.75) is 12.5 Å². The molecule has 0 N–H and O–H groups in total. The average Bonchev–Trinajstić information content (AvgIpc) is 2.41. The number of hydrogen-bond donors (Lipinski definition) is 0. The van der Waals surface area contributed by atoms with Crippen molar-refractivity contribution in [3.63, 3.8) is 0 Å². The second kappa shape index (κ2) is 6.60. The van der Waals surface area contributed by atoms with E-state index in [1.165, 1.54) is 6.07 Å². The van der Waals surface area contributed by atoms with Crippen LogP contribution in [0.25, 0.3) is 0 Å². The van der Waals surface area contributed by atoms with Crippen molar-refractivity contribution < 1.29 is 9.13 Å². The molecule has 1 nitrogen and oxygen atoms in total. The number of rotatable bonds is 4. The lowest BCUT2D eigenvalue weighted by atomic mass is 10.2. The van der Waals surface area contributed by atoms with Crippen LogP contribution in [0.2, 0.25) is 5.02 Å². The maximum absolute atomic E-state index is 13.0. The fourth-order valence-corrected chi connectivity index (χ4v) is 2.45. The lowest BCUT2D eigenvalue weighted by molar-refractivity contribution is 0.304. The molecule has 0 atom stereocenters. The summed E-state index contributed by atoms with van der Waals surface area (Å²) in [7, 11) is 0. The van der Waals surface area contributed by atoms with E-state index in [0.717, 1.165) is 15.6 Å². The minimum Gasteiger partial charge on any atom is -0.488 e. The topological polar surface area (TPSA) is 9.23 Å². The third-order valence-corrected chi connectivity index (χ3v) is 3.75. The van der Waals surface area contributed by atoms with Crippen molar-refractivity contribution in [3.05, 3.63) is 62.8 Å². The fraction of sp³-hybridized carbons (Fsp3) is 0.143. The third kappa shape index (κ3) is 3.85. The van der Waals surface area contributed by atoms with Crippen molar-refractivity contribution in [1.29, 1.82) is 0 Å². The Bertz CT molecular complexity index is 590. The molecule has 0 radical (unpaired) electrons. The summed E-state index contributed by atoms with van der Waals surface area (Å²) in [5.74, 6) is 0.722. The lowest BCUT2D eigenvalue weighted by Gasteiger charge is -2.09. The molecule has 0 amide bonds. The van der Waals surface area contributed by atoms with Crippen LogP contribution in [0.4, 0.5) is 4.39 Å². The average molecular weight is 364 g/mol. The monoisotopic (exact) mass is 362 g/mol. The maximum Gasteiger partial charge on any atom is 0.141 e. The van der Waals surface area contributed by atoms with Gasteiger partial charge in [0.05, 0.1) is 9.50 Å². The molecule has 0 aliphatic heterocycles. The zero-order chi connectivity index (χ0) is 13.8. The van der Waals surface area contributed by atoms with Crippen LogP contribution < -0.4 is 4.74 Å². The summed E-state index contributed by atoms with van der Waals surface area (Å²) in [6.45, 7) is 0.318. The van der Waals surface area contributed by atoms with Gasteiger partial charge in [0, 0.05) is 5.88 Å². The predicted molar refractivity (Wildman–Crippen MR) is 79.4 cm³/mol. The number of halogens is 4. The van der Waals surface area contributed by atoms with Gasteiger partial charge in [-0.05, 0) is 51.3 Å². The Morgan fingerprint density at radius 3 is 2.47 bits per heavy atom. The van der Waals surface area contributed by atoms with Gasteiger partial charge < -0.3 is 4.74 Å². The van der Waals surface area contributed by atoms with E-state index >= 15 is 0 Å². The summed E-state index contributed by atoms with van der Waals surface area (Å²) in [5.41, 5.74) is 1.81. The minimum atomic E-state index is -0.432. The first-order valence-electron chi connectivity index (χ1n) is 5.51. The van der Waals surface area contributed by atoms with E-state index in [2.05, 4.69) is 15.9 Å². The highest BCUT2D eigenvalue weighted by Gasteiger charge is 2.05. The molecule has 2 rings (SSSR count). The predicted octanol–water partition coefficient (Wildman–Crippen LogP) is 5.56. The highest BCUT2D eigenvalue weighted by molar-refractivity contribution is 9.10. The summed E-state index contributed by atoms with van der Waals surface area (Å²) in [6, 6.07) is 10.2. The van der Waals surface area contributed by atoms with Crippen LogP contribution in [0.3, 0.4) is 0 Å². The lowest BCUT2D eigenvalue weighted by Crippen LogP contribution is -1.97. The van der Waals surface area contributed by atoms with Crippen molar-refractivity contribution in [2.75, 3.05) is 0 Å². The molecule has 0 aliphatic rings. The van der Waals surface area contributed by atoms with Gasteiger partial charge in [-0.15, -0.1) is 11.6 Å². The molecule has 2 aromatic rings. The quantitative estimate of drug-likeness (QED) is 0.646. The smallest absolute Gasteiger partial charge is 0.141 e. The second-order valence-electron chi connectivity index (χ2n) is 3.94. The van der Waals surface area contributed by atoms with Crippen molar-refractivity contribution >= 4 is 39.1 Å². The Morgan fingerprint density at radius 1 is 1.11 bits per heavy atom. The molecule has 0 heterocycles. The minimum absolute atomic E-state index is 0.0950. The summed E-state index contributed by atoms with van der Waals surface area (Å²) < 4.78 is 19.5. The van der Waals surface area contributed by atoms with Gasteiger partial charge in [0.2, 0.25) is 0 Å². The van der Waals surface area contributed by atoms with Crippen LogP contribution in [0, 0.1) is 5.82 Å². The molecular formula is C14H10BrCl2FO. The molecular weight excluding hydrogens is 354 g/mol. The van der Waals surface area contributed by atoms with Gasteiger partial charge in [-0.25, -0.2) is 4.39 Å². The summed E-state index contributed by atoms with van der Waals surface area (Å²) in [5, 5.41) is 0.0950. The SMILES string of the molecule is Fc1ccc(COc2ccc(CCl)cc2Br)cc1Cl. The Morgan fingerprint density at radius 2 is 1.84 bits per heavy atom. The largest absolute Gasteiger partial charge is 0.488 e. The van der Waals surface area contributed by atoms with E-state index < -0.39 is 5.82 Å². The van der Waals surface area contributed by atoms with Crippen LogP contribution in [-0.4, -0.2) is 0 Å².